The summed E-state index contributed by atoms with van der Waals surface area (Å²) in [7, 11) is -3.52. The number of aryl methyl sites for hydroxylation is 1. The van der Waals surface area contributed by atoms with E-state index in [0.29, 0.717) is 11.4 Å². The molecule has 2 rings (SSSR count). The van der Waals surface area contributed by atoms with Crippen molar-refractivity contribution in [1.82, 2.24) is 4.31 Å². The molecule has 1 aliphatic heterocycles. The van der Waals surface area contributed by atoms with Crippen molar-refractivity contribution in [2.75, 3.05) is 13.2 Å². The zero-order valence-electron chi connectivity index (χ0n) is 11.0. The number of sulfonamides is 1. The lowest BCUT2D eigenvalue weighted by Gasteiger charge is -2.24. The zero-order valence-corrected chi connectivity index (χ0v) is 13.4. The van der Waals surface area contributed by atoms with Crippen LogP contribution >= 0.6 is 15.9 Å². The van der Waals surface area contributed by atoms with E-state index in [4.69, 9.17) is 0 Å². The molecule has 1 N–H and O–H groups in total. The predicted octanol–water partition coefficient (Wildman–Crippen LogP) is 2.15. The fourth-order valence-corrected chi connectivity index (χ4v) is 4.52. The average molecular weight is 348 g/mol. The van der Waals surface area contributed by atoms with Crippen molar-refractivity contribution in [3.05, 3.63) is 28.2 Å². The number of halogens is 1. The maximum absolute atomic E-state index is 12.6. The highest BCUT2D eigenvalue weighted by atomic mass is 79.9. The van der Waals surface area contributed by atoms with Crippen molar-refractivity contribution in [1.29, 1.82) is 0 Å². The van der Waals surface area contributed by atoms with E-state index >= 15 is 0 Å². The molecule has 1 aromatic carbocycles. The molecule has 2 atom stereocenters. The number of benzene rings is 1. The first-order valence-electron chi connectivity index (χ1n) is 6.26. The highest BCUT2D eigenvalue weighted by molar-refractivity contribution is 9.10. The Hall–Kier alpha value is -0.430. The van der Waals surface area contributed by atoms with Crippen molar-refractivity contribution in [2.45, 2.75) is 31.2 Å². The first-order valence-corrected chi connectivity index (χ1v) is 8.50. The number of aliphatic hydroxyl groups is 1. The standard InChI is InChI=1S/C13H18BrNO3S/c1-9-5-6-15(13(9)8-16)19(17,18)11-3-4-12(14)10(2)7-11/h3-4,7,9,13,16H,5-6,8H2,1-2H3. The van der Waals surface area contributed by atoms with Gasteiger partial charge in [0.1, 0.15) is 0 Å². The van der Waals surface area contributed by atoms with Crippen molar-refractivity contribution >= 4 is 26.0 Å². The molecule has 106 valence electrons. The van der Waals surface area contributed by atoms with Crippen LogP contribution in [-0.2, 0) is 10.0 Å². The molecular formula is C13H18BrNO3S. The van der Waals surface area contributed by atoms with Crippen LogP contribution < -0.4 is 0 Å². The molecule has 19 heavy (non-hydrogen) atoms. The van der Waals surface area contributed by atoms with Gasteiger partial charge < -0.3 is 5.11 Å². The van der Waals surface area contributed by atoms with Crippen LogP contribution in [0.2, 0.25) is 0 Å². The minimum atomic E-state index is -3.52. The van der Waals surface area contributed by atoms with Gasteiger partial charge in [-0.05, 0) is 43.0 Å². The maximum Gasteiger partial charge on any atom is 0.243 e. The Balaban J connectivity index is 2.39. The van der Waals surface area contributed by atoms with Gasteiger partial charge in [-0.15, -0.1) is 0 Å². The van der Waals surface area contributed by atoms with E-state index in [9.17, 15) is 13.5 Å². The molecule has 1 heterocycles. The van der Waals surface area contributed by atoms with Crippen LogP contribution in [0.5, 0.6) is 0 Å². The summed E-state index contributed by atoms with van der Waals surface area (Å²) in [6.07, 6.45) is 0.792. The van der Waals surface area contributed by atoms with Crippen LogP contribution in [0, 0.1) is 12.8 Å². The summed E-state index contributed by atoms with van der Waals surface area (Å²) < 4.78 is 27.5. The van der Waals surface area contributed by atoms with Gasteiger partial charge in [0.2, 0.25) is 10.0 Å². The molecule has 2 unspecified atom stereocenters. The molecule has 6 heteroatoms. The van der Waals surface area contributed by atoms with Crippen molar-refractivity contribution in [2.24, 2.45) is 5.92 Å². The van der Waals surface area contributed by atoms with Crippen LogP contribution in [0.1, 0.15) is 18.9 Å². The van der Waals surface area contributed by atoms with Crippen LogP contribution in [0.4, 0.5) is 0 Å². The summed E-state index contributed by atoms with van der Waals surface area (Å²) in [5, 5.41) is 9.40. The quantitative estimate of drug-likeness (QED) is 0.911. The lowest BCUT2D eigenvalue weighted by Crippen LogP contribution is -2.39. The first kappa shape index (κ1) is 15.0. The van der Waals surface area contributed by atoms with E-state index in [1.54, 1.807) is 18.2 Å². The van der Waals surface area contributed by atoms with E-state index in [0.717, 1.165) is 16.5 Å². The molecule has 1 saturated heterocycles. The summed E-state index contributed by atoms with van der Waals surface area (Å²) >= 11 is 3.37. The molecule has 0 aromatic heterocycles. The normalized spacial score (nSPS) is 24.8. The molecule has 4 nitrogen and oxygen atoms in total. The molecule has 0 saturated carbocycles. The van der Waals surface area contributed by atoms with E-state index in [1.165, 1.54) is 4.31 Å². The minimum absolute atomic E-state index is 0.129. The third-order valence-corrected chi connectivity index (χ3v) is 6.56. The average Bonchev–Trinajstić information content (AvgIpc) is 2.74. The zero-order chi connectivity index (χ0) is 14.2. The van der Waals surface area contributed by atoms with Gasteiger partial charge in [-0.25, -0.2) is 8.42 Å². The lowest BCUT2D eigenvalue weighted by atomic mass is 10.0. The Morgan fingerprint density at radius 3 is 2.74 bits per heavy atom. The van der Waals surface area contributed by atoms with Crippen LogP contribution in [0.3, 0.4) is 0 Å². The summed E-state index contributed by atoms with van der Waals surface area (Å²) in [5.41, 5.74) is 0.883. The highest BCUT2D eigenvalue weighted by Gasteiger charge is 2.39. The van der Waals surface area contributed by atoms with Gasteiger partial charge in [-0.3, -0.25) is 0 Å². The second kappa shape index (κ2) is 5.52. The molecule has 0 radical (unpaired) electrons. The fourth-order valence-electron chi connectivity index (χ4n) is 2.46. The molecule has 1 fully saturated rings. The molecule has 1 aliphatic rings. The van der Waals surface area contributed by atoms with E-state index < -0.39 is 10.0 Å². The van der Waals surface area contributed by atoms with Crippen LogP contribution in [0.15, 0.2) is 27.6 Å². The van der Waals surface area contributed by atoms with Gasteiger partial charge in [0.25, 0.3) is 0 Å². The largest absolute Gasteiger partial charge is 0.395 e. The molecule has 0 spiro atoms. The maximum atomic E-state index is 12.6. The monoisotopic (exact) mass is 347 g/mol. The number of hydrogen-bond donors (Lipinski definition) is 1. The summed E-state index contributed by atoms with van der Waals surface area (Å²) in [5.74, 6) is 0.191. The third kappa shape index (κ3) is 2.72. The number of rotatable bonds is 3. The summed E-state index contributed by atoms with van der Waals surface area (Å²) in [4.78, 5) is 0.292. The van der Waals surface area contributed by atoms with Gasteiger partial charge in [-0.2, -0.15) is 4.31 Å². The van der Waals surface area contributed by atoms with E-state index in [2.05, 4.69) is 15.9 Å². The van der Waals surface area contributed by atoms with Crippen molar-refractivity contribution in [3.63, 3.8) is 0 Å². The van der Waals surface area contributed by atoms with Gasteiger partial charge >= 0.3 is 0 Å². The predicted molar refractivity (Wildman–Crippen MR) is 77.4 cm³/mol. The fraction of sp³-hybridized carbons (Fsp3) is 0.538. The van der Waals surface area contributed by atoms with E-state index in [1.807, 2.05) is 13.8 Å². The van der Waals surface area contributed by atoms with Gasteiger partial charge in [0.05, 0.1) is 17.5 Å². The number of nitrogens with zero attached hydrogens (tertiary/aromatic N) is 1. The van der Waals surface area contributed by atoms with Crippen LogP contribution in [0.25, 0.3) is 0 Å². The van der Waals surface area contributed by atoms with Gasteiger partial charge in [0, 0.05) is 11.0 Å². The third-order valence-electron chi connectivity index (χ3n) is 3.75. The van der Waals surface area contributed by atoms with Gasteiger partial charge in [-0.1, -0.05) is 22.9 Å². The molecular weight excluding hydrogens is 330 g/mol. The second-order valence-corrected chi connectivity index (χ2v) is 7.79. The molecule has 0 amide bonds. The molecule has 1 aromatic rings. The summed E-state index contributed by atoms with van der Waals surface area (Å²) in [6, 6.07) is 4.70. The first-order chi connectivity index (χ1) is 8.87. The van der Waals surface area contributed by atoms with Gasteiger partial charge in [0.15, 0.2) is 0 Å². The van der Waals surface area contributed by atoms with Crippen LogP contribution in [-0.4, -0.2) is 37.0 Å². The Morgan fingerprint density at radius 1 is 1.47 bits per heavy atom. The van der Waals surface area contributed by atoms with E-state index in [-0.39, 0.29) is 18.6 Å². The highest BCUT2D eigenvalue weighted by Crippen LogP contribution is 2.31. The summed E-state index contributed by atoms with van der Waals surface area (Å²) in [6.45, 7) is 4.18. The smallest absolute Gasteiger partial charge is 0.243 e. The minimum Gasteiger partial charge on any atom is -0.395 e. The van der Waals surface area contributed by atoms with Crippen molar-refractivity contribution in [3.8, 4) is 0 Å². The lowest BCUT2D eigenvalue weighted by molar-refractivity contribution is 0.191. The Morgan fingerprint density at radius 2 is 2.16 bits per heavy atom. The topological polar surface area (TPSA) is 57.6 Å². The molecule has 0 bridgehead atoms. The van der Waals surface area contributed by atoms with Crippen molar-refractivity contribution < 1.29 is 13.5 Å². The Kier molecular flexibility index (Phi) is 4.35. The number of aliphatic hydroxyl groups excluding tert-OH is 1. The number of hydrogen-bond acceptors (Lipinski definition) is 3. The second-order valence-electron chi connectivity index (χ2n) is 5.04. The molecule has 0 aliphatic carbocycles. The Labute approximate surface area is 122 Å². The Bertz CT molecular complexity index is 573. The SMILES string of the molecule is Cc1cc(S(=O)(=O)N2CCC(C)C2CO)ccc1Br.